The van der Waals surface area contributed by atoms with Crippen LogP contribution >= 0.6 is 0 Å². The Hall–Kier alpha value is -2.48. The maximum atomic E-state index is 11.6. The van der Waals surface area contributed by atoms with Crippen LogP contribution in [-0.2, 0) is 4.79 Å². The first kappa shape index (κ1) is 13.0. The number of carbonyl (C=O) groups excluding carboxylic acids is 1. The molecule has 19 heavy (non-hydrogen) atoms. The van der Waals surface area contributed by atoms with Crippen molar-refractivity contribution >= 4 is 23.3 Å². The van der Waals surface area contributed by atoms with Crippen LogP contribution in [0, 0.1) is 10.1 Å². The third-order valence-electron chi connectivity index (χ3n) is 2.82. The minimum Gasteiger partial charge on any atom is -0.478 e. The van der Waals surface area contributed by atoms with Gasteiger partial charge in [-0.15, -0.1) is 0 Å². The number of carboxylic acids is 1. The van der Waals surface area contributed by atoms with Gasteiger partial charge in [0.2, 0.25) is 5.91 Å². The fourth-order valence-corrected chi connectivity index (χ4v) is 1.96. The van der Waals surface area contributed by atoms with Crippen LogP contribution in [0.3, 0.4) is 0 Å². The van der Waals surface area contributed by atoms with Crippen molar-refractivity contribution in [1.82, 2.24) is 0 Å². The maximum absolute atomic E-state index is 11.6. The van der Waals surface area contributed by atoms with E-state index in [0.29, 0.717) is 0 Å². The maximum Gasteiger partial charge on any atom is 0.337 e. The quantitative estimate of drug-likeness (QED) is 0.603. The number of β-amino-alcohol motifs (C(OH)–C–C–N with tert-alkyl or cyclic N) is 1. The number of amides is 1. The summed E-state index contributed by atoms with van der Waals surface area (Å²) in [5, 5.41) is 29.1. The van der Waals surface area contributed by atoms with Gasteiger partial charge in [-0.25, -0.2) is 4.79 Å². The average molecular weight is 266 g/mol. The van der Waals surface area contributed by atoms with Crippen molar-refractivity contribution in [3.05, 3.63) is 33.9 Å². The van der Waals surface area contributed by atoms with E-state index in [2.05, 4.69) is 0 Å². The summed E-state index contributed by atoms with van der Waals surface area (Å²) < 4.78 is 0. The number of carbonyl (C=O) groups is 2. The number of aliphatic hydroxyl groups excluding tert-OH is 1. The van der Waals surface area contributed by atoms with Crippen LogP contribution in [0.15, 0.2) is 18.2 Å². The van der Waals surface area contributed by atoms with Gasteiger partial charge in [0.1, 0.15) is 0 Å². The summed E-state index contributed by atoms with van der Waals surface area (Å²) in [5.74, 6) is -1.76. The summed E-state index contributed by atoms with van der Waals surface area (Å²) in [6, 6.07) is 3.16. The number of rotatable bonds is 3. The molecule has 8 heteroatoms. The fourth-order valence-electron chi connectivity index (χ4n) is 1.96. The average Bonchev–Trinajstić information content (AvgIpc) is 2.67. The van der Waals surface area contributed by atoms with E-state index in [1.165, 1.54) is 0 Å². The Kier molecular flexibility index (Phi) is 3.17. The van der Waals surface area contributed by atoms with Crippen molar-refractivity contribution < 1.29 is 24.7 Å². The van der Waals surface area contributed by atoms with E-state index >= 15 is 0 Å². The largest absolute Gasteiger partial charge is 0.478 e. The third-order valence-corrected chi connectivity index (χ3v) is 2.82. The molecule has 1 aliphatic heterocycles. The van der Waals surface area contributed by atoms with E-state index in [0.717, 1.165) is 23.1 Å². The van der Waals surface area contributed by atoms with Crippen molar-refractivity contribution in [2.24, 2.45) is 0 Å². The molecule has 8 nitrogen and oxygen atoms in total. The molecule has 1 aliphatic rings. The van der Waals surface area contributed by atoms with E-state index in [4.69, 9.17) is 5.11 Å². The second-order valence-electron chi connectivity index (χ2n) is 4.13. The summed E-state index contributed by atoms with van der Waals surface area (Å²) in [5.41, 5.74) is -0.592. The molecule has 1 atom stereocenters. The highest BCUT2D eigenvalue weighted by atomic mass is 16.6. The van der Waals surface area contributed by atoms with Crippen molar-refractivity contribution in [2.45, 2.75) is 12.5 Å². The number of nitro benzene ring substituents is 1. The van der Waals surface area contributed by atoms with E-state index in [9.17, 15) is 24.8 Å². The number of carboxylic acid groups (broad SMARTS) is 1. The number of non-ortho nitro benzene ring substituents is 1. The lowest BCUT2D eigenvalue weighted by molar-refractivity contribution is -0.384. The molecular weight excluding hydrogens is 256 g/mol. The normalized spacial score (nSPS) is 18.7. The molecule has 1 aromatic carbocycles. The molecule has 0 radical (unpaired) electrons. The van der Waals surface area contributed by atoms with Crippen LogP contribution in [0.1, 0.15) is 16.8 Å². The van der Waals surface area contributed by atoms with Gasteiger partial charge in [0.15, 0.2) is 0 Å². The van der Waals surface area contributed by atoms with E-state index in [1.54, 1.807) is 0 Å². The molecule has 2 N–H and O–H groups in total. The number of hydrogen-bond donors (Lipinski definition) is 2. The molecule has 100 valence electrons. The molecule has 1 heterocycles. The van der Waals surface area contributed by atoms with Crippen LogP contribution in [0.25, 0.3) is 0 Å². The number of hydrogen-bond acceptors (Lipinski definition) is 5. The van der Waals surface area contributed by atoms with Gasteiger partial charge in [0, 0.05) is 12.1 Å². The Labute approximate surface area is 107 Å². The Morgan fingerprint density at radius 2 is 2.16 bits per heavy atom. The first-order valence-corrected chi connectivity index (χ1v) is 5.40. The standard InChI is InChI=1S/C11H10N2O6/c14-7-4-10(15)12(5-7)9-3-6(13(18)19)1-2-8(9)11(16)17/h1-3,7,14H,4-5H2,(H,16,17). The van der Waals surface area contributed by atoms with Crippen LogP contribution in [0.2, 0.25) is 0 Å². The smallest absolute Gasteiger partial charge is 0.337 e. The number of aromatic carboxylic acids is 1. The summed E-state index contributed by atoms with van der Waals surface area (Å²) >= 11 is 0. The lowest BCUT2D eigenvalue weighted by atomic mass is 10.1. The van der Waals surface area contributed by atoms with Gasteiger partial charge in [0.05, 0.1) is 35.2 Å². The second kappa shape index (κ2) is 4.65. The number of benzene rings is 1. The van der Waals surface area contributed by atoms with Gasteiger partial charge >= 0.3 is 5.97 Å². The number of aliphatic hydroxyl groups is 1. The van der Waals surface area contributed by atoms with E-state index in [-0.39, 0.29) is 29.9 Å². The molecule has 0 spiro atoms. The van der Waals surface area contributed by atoms with E-state index < -0.39 is 22.9 Å². The fraction of sp³-hybridized carbons (Fsp3) is 0.273. The number of nitrogens with zero attached hydrogens (tertiary/aromatic N) is 2. The van der Waals surface area contributed by atoms with Crippen molar-refractivity contribution in [1.29, 1.82) is 0 Å². The zero-order valence-corrected chi connectivity index (χ0v) is 9.65. The van der Waals surface area contributed by atoms with Crippen LogP contribution in [0.5, 0.6) is 0 Å². The second-order valence-corrected chi connectivity index (χ2v) is 4.13. The number of anilines is 1. The summed E-state index contributed by atoms with van der Waals surface area (Å²) in [4.78, 5) is 33.8. The van der Waals surface area contributed by atoms with Gasteiger partial charge in [-0.3, -0.25) is 14.9 Å². The highest BCUT2D eigenvalue weighted by Crippen LogP contribution is 2.29. The molecule has 1 saturated heterocycles. The topological polar surface area (TPSA) is 121 Å². The van der Waals surface area contributed by atoms with Crippen LogP contribution in [0.4, 0.5) is 11.4 Å². The first-order valence-electron chi connectivity index (χ1n) is 5.40. The Morgan fingerprint density at radius 1 is 1.47 bits per heavy atom. The summed E-state index contributed by atoms with van der Waals surface area (Å²) in [7, 11) is 0. The Morgan fingerprint density at radius 3 is 2.63 bits per heavy atom. The third kappa shape index (κ3) is 2.38. The SMILES string of the molecule is O=C(O)c1ccc([N+](=O)[O-])cc1N1CC(O)CC1=O. The molecule has 1 fully saturated rings. The molecule has 1 unspecified atom stereocenters. The van der Waals surface area contributed by atoms with Gasteiger partial charge in [-0.2, -0.15) is 0 Å². The van der Waals surface area contributed by atoms with E-state index in [1.807, 2.05) is 0 Å². The predicted molar refractivity (Wildman–Crippen MR) is 63.0 cm³/mol. The van der Waals surface area contributed by atoms with Gasteiger partial charge < -0.3 is 15.1 Å². The predicted octanol–water partition coefficient (Wildman–Crippen LogP) is 0.391. The highest BCUT2D eigenvalue weighted by molar-refractivity contribution is 6.03. The van der Waals surface area contributed by atoms with Crippen molar-refractivity contribution in [3.8, 4) is 0 Å². The summed E-state index contributed by atoms with van der Waals surface area (Å²) in [6.07, 6.45) is -1.02. The monoisotopic (exact) mass is 266 g/mol. The van der Waals surface area contributed by atoms with Crippen molar-refractivity contribution in [3.63, 3.8) is 0 Å². The number of nitro groups is 1. The minimum absolute atomic E-state index is 0.0664. The van der Waals surface area contributed by atoms with Crippen molar-refractivity contribution in [2.75, 3.05) is 11.4 Å². The Bertz CT molecular complexity index is 570. The highest BCUT2D eigenvalue weighted by Gasteiger charge is 2.32. The zero-order valence-electron chi connectivity index (χ0n) is 9.65. The zero-order chi connectivity index (χ0) is 14.2. The molecule has 0 bridgehead atoms. The van der Waals surface area contributed by atoms with Gasteiger partial charge in [-0.05, 0) is 6.07 Å². The first-order chi connectivity index (χ1) is 8.90. The minimum atomic E-state index is -1.29. The van der Waals surface area contributed by atoms with Gasteiger partial charge in [-0.1, -0.05) is 0 Å². The molecule has 2 rings (SSSR count). The molecule has 0 saturated carbocycles. The Balaban J connectivity index is 2.52. The lowest BCUT2D eigenvalue weighted by Gasteiger charge is -2.17. The van der Waals surface area contributed by atoms with Crippen LogP contribution < -0.4 is 4.90 Å². The molecule has 1 amide bonds. The van der Waals surface area contributed by atoms with Crippen LogP contribution in [-0.4, -0.2) is 39.7 Å². The summed E-state index contributed by atoms with van der Waals surface area (Å²) in [6.45, 7) is -0.0692. The lowest BCUT2D eigenvalue weighted by Crippen LogP contribution is -2.27. The van der Waals surface area contributed by atoms with Gasteiger partial charge in [0.25, 0.3) is 5.69 Å². The molecule has 0 aromatic heterocycles. The molecule has 1 aromatic rings. The molecular formula is C11H10N2O6. The molecule has 0 aliphatic carbocycles.